The van der Waals surface area contributed by atoms with Gasteiger partial charge >= 0.3 is 0 Å². The zero-order valence-corrected chi connectivity index (χ0v) is 11.7. The number of hydrogen-bond acceptors (Lipinski definition) is 4. The second-order valence-corrected chi connectivity index (χ2v) is 4.48. The van der Waals surface area contributed by atoms with Gasteiger partial charge in [-0.1, -0.05) is 0 Å². The maximum atomic E-state index is 12.0. The van der Waals surface area contributed by atoms with Crippen molar-refractivity contribution >= 4 is 5.91 Å². The zero-order valence-electron chi connectivity index (χ0n) is 11.7. The number of rotatable bonds is 7. The maximum absolute atomic E-state index is 12.0. The summed E-state index contributed by atoms with van der Waals surface area (Å²) in [6.07, 6.45) is 4.90. The minimum Gasteiger partial charge on any atom is -0.396 e. The molecule has 0 saturated heterocycles. The van der Waals surface area contributed by atoms with Crippen molar-refractivity contribution in [3.8, 4) is 0 Å². The fourth-order valence-corrected chi connectivity index (χ4v) is 2.14. The molecule has 1 rings (SSSR count). The van der Waals surface area contributed by atoms with Crippen LogP contribution in [0.2, 0.25) is 0 Å². The summed E-state index contributed by atoms with van der Waals surface area (Å²) in [4.78, 5) is 18.0. The molecule has 104 valence electrons. The van der Waals surface area contributed by atoms with Crippen LogP contribution in [0.4, 0.5) is 0 Å². The number of nitrogens with zero attached hydrogens (tertiary/aromatic N) is 3. The molecule has 0 aromatic heterocycles. The van der Waals surface area contributed by atoms with Crippen molar-refractivity contribution in [3.63, 3.8) is 0 Å². The lowest BCUT2D eigenvalue weighted by Crippen LogP contribution is -2.43. The van der Waals surface area contributed by atoms with Crippen LogP contribution in [-0.4, -0.2) is 64.7 Å². The second-order valence-electron chi connectivity index (χ2n) is 4.48. The first-order valence-electron chi connectivity index (χ1n) is 6.72. The predicted octanol–water partition coefficient (Wildman–Crippen LogP) is 0.672. The van der Waals surface area contributed by atoms with Gasteiger partial charge in [-0.05, 0) is 27.2 Å². The van der Waals surface area contributed by atoms with Gasteiger partial charge in [0.25, 0.3) is 0 Å². The third-order valence-electron chi connectivity index (χ3n) is 3.42. The summed E-state index contributed by atoms with van der Waals surface area (Å²) >= 11 is 0. The summed E-state index contributed by atoms with van der Waals surface area (Å²) in [6.45, 7) is 9.04. The van der Waals surface area contributed by atoms with E-state index >= 15 is 0 Å². The lowest BCUT2D eigenvalue weighted by Gasteiger charge is -2.30. The number of carbonyl (C=O) groups excluding carboxylic acids is 1. The Balaban J connectivity index is 2.45. The van der Waals surface area contributed by atoms with E-state index in [2.05, 4.69) is 11.8 Å². The van der Waals surface area contributed by atoms with Gasteiger partial charge in [0.05, 0.1) is 12.7 Å². The van der Waals surface area contributed by atoms with Crippen LogP contribution in [-0.2, 0) is 4.79 Å². The van der Waals surface area contributed by atoms with E-state index in [0.29, 0.717) is 6.54 Å². The smallest absolute Gasteiger partial charge is 0.242 e. The monoisotopic (exact) mass is 255 g/mol. The third-order valence-corrected chi connectivity index (χ3v) is 3.42. The Labute approximate surface area is 110 Å². The summed E-state index contributed by atoms with van der Waals surface area (Å²) in [5.41, 5.74) is 0. The summed E-state index contributed by atoms with van der Waals surface area (Å²) < 4.78 is 0. The molecule has 1 N–H and O–H groups in total. The second kappa shape index (κ2) is 7.26. The molecule has 0 aromatic carbocycles. The molecule has 0 fully saturated rings. The first-order valence-corrected chi connectivity index (χ1v) is 6.72. The van der Waals surface area contributed by atoms with Crippen LogP contribution in [0.15, 0.2) is 12.4 Å². The molecule has 1 heterocycles. The van der Waals surface area contributed by atoms with E-state index in [1.54, 1.807) is 0 Å². The topological polar surface area (TPSA) is 47.0 Å². The van der Waals surface area contributed by atoms with E-state index in [1.165, 1.54) is 0 Å². The highest BCUT2D eigenvalue weighted by Crippen LogP contribution is 2.15. The van der Waals surface area contributed by atoms with Gasteiger partial charge in [0.1, 0.15) is 0 Å². The van der Waals surface area contributed by atoms with Crippen molar-refractivity contribution in [3.05, 3.63) is 12.4 Å². The number of hydrogen-bond donors (Lipinski definition) is 1. The molecule has 0 spiro atoms. The van der Waals surface area contributed by atoms with Gasteiger partial charge in [-0.2, -0.15) is 0 Å². The molecule has 5 heteroatoms. The first kappa shape index (κ1) is 14.8. The number of aliphatic hydroxyl groups is 1. The molecule has 1 atom stereocenters. The van der Waals surface area contributed by atoms with Gasteiger partial charge < -0.3 is 19.8 Å². The van der Waals surface area contributed by atoms with Crippen LogP contribution >= 0.6 is 0 Å². The fourth-order valence-electron chi connectivity index (χ4n) is 2.14. The molecule has 1 unspecified atom stereocenters. The Morgan fingerprint density at radius 3 is 2.44 bits per heavy atom. The van der Waals surface area contributed by atoms with Gasteiger partial charge in [0, 0.05) is 38.6 Å². The lowest BCUT2D eigenvalue weighted by molar-refractivity contribution is -0.132. The minimum absolute atomic E-state index is 0.167. The predicted molar refractivity (Wildman–Crippen MR) is 71.6 cm³/mol. The Hall–Kier alpha value is -1.23. The molecule has 18 heavy (non-hydrogen) atoms. The molecule has 1 aliphatic rings. The van der Waals surface area contributed by atoms with Gasteiger partial charge in [0.15, 0.2) is 0 Å². The summed E-state index contributed by atoms with van der Waals surface area (Å²) in [5, 5.41) is 8.84. The molecule has 1 amide bonds. The van der Waals surface area contributed by atoms with E-state index in [-0.39, 0.29) is 18.7 Å². The Morgan fingerprint density at radius 2 is 1.89 bits per heavy atom. The van der Waals surface area contributed by atoms with Crippen molar-refractivity contribution in [2.24, 2.45) is 0 Å². The van der Waals surface area contributed by atoms with Crippen LogP contribution in [0.1, 0.15) is 27.2 Å². The van der Waals surface area contributed by atoms with Crippen LogP contribution in [0.3, 0.4) is 0 Å². The van der Waals surface area contributed by atoms with Gasteiger partial charge in [-0.3, -0.25) is 4.79 Å². The fraction of sp³-hybridized carbons (Fsp3) is 0.769. The van der Waals surface area contributed by atoms with Crippen molar-refractivity contribution in [2.45, 2.75) is 33.4 Å². The van der Waals surface area contributed by atoms with E-state index < -0.39 is 0 Å². The molecular weight excluding hydrogens is 230 g/mol. The van der Waals surface area contributed by atoms with E-state index in [9.17, 15) is 4.79 Å². The minimum atomic E-state index is 0.167. The molecule has 1 aliphatic heterocycles. The summed E-state index contributed by atoms with van der Waals surface area (Å²) in [6, 6.07) is 0. The molecule has 0 radical (unpaired) electrons. The van der Waals surface area contributed by atoms with Crippen molar-refractivity contribution in [1.82, 2.24) is 14.7 Å². The highest BCUT2D eigenvalue weighted by Gasteiger charge is 2.24. The van der Waals surface area contributed by atoms with E-state index in [1.807, 2.05) is 36.0 Å². The Morgan fingerprint density at radius 1 is 1.28 bits per heavy atom. The standard InChI is InChI=1S/C13H25N3O2/c1-4-14(5-2)13(18)11-16-9-8-15(12(16)3)7-6-10-17/h8-9,12,17H,4-7,10-11H2,1-3H3. The van der Waals surface area contributed by atoms with E-state index in [4.69, 9.17) is 5.11 Å². The summed E-state index contributed by atoms with van der Waals surface area (Å²) in [5.74, 6) is 0.167. The van der Waals surface area contributed by atoms with Crippen LogP contribution in [0.25, 0.3) is 0 Å². The normalized spacial score (nSPS) is 18.6. The van der Waals surface area contributed by atoms with Crippen LogP contribution < -0.4 is 0 Å². The third kappa shape index (κ3) is 3.63. The Bertz CT molecular complexity index is 290. The summed E-state index contributed by atoms with van der Waals surface area (Å²) in [7, 11) is 0. The molecule has 0 bridgehead atoms. The van der Waals surface area contributed by atoms with Crippen molar-refractivity contribution < 1.29 is 9.90 Å². The SMILES string of the molecule is CCN(CC)C(=O)CN1C=CN(CCCO)C1C. The molecule has 0 aliphatic carbocycles. The largest absolute Gasteiger partial charge is 0.396 e. The van der Waals surface area contributed by atoms with Gasteiger partial charge in [0.2, 0.25) is 5.91 Å². The maximum Gasteiger partial charge on any atom is 0.242 e. The van der Waals surface area contributed by atoms with Gasteiger partial charge in [-0.15, -0.1) is 0 Å². The average molecular weight is 255 g/mol. The van der Waals surface area contributed by atoms with Crippen molar-refractivity contribution in [1.29, 1.82) is 0 Å². The molecular formula is C13H25N3O2. The van der Waals surface area contributed by atoms with Crippen LogP contribution in [0.5, 0.6) is 0 Å². The average Bonchev–Trinajstić information content (AvgIpc) is 2.70. The quantitative estimate of drug-likeness (QED) is 0.726. The number of amides is 1. The number of aliphatic hydroxyl groups excluding tert-OH is 1. The number of carbonyl (C=O) groups is 1. The van der Waals surface area contributed by atoms with Gasteiger partial charge in [-0.25, -0.2) is 0 Å². The highest BCUT2D eigenvalue weighted by molar-refractivity contribution is 5.78. The Kier molecular flexibility index (Phi) is 5.98. The first-order chi connectivity index (χ1) is 8.63. The molecule has 0 saturated carbocycles. The van der Waals surface area contributed by atoms with E-state index in [0.717, 1.165) is 26.1 Å². The highest BCUT2D eigenvalue weighted by atomic mass is 16.3. The molecule has 5 nitrogen and oxygen atoms in total. The van der Waals surface area contributed by atoms with Crippen LogP contribution in [0, 0.1) is 0 Å². The molecule has 0 aromatic rings. The zero-order chi connectivity index (χ0) is 13.5. The van der Waals surface area contributed by atoms with Crippen molar-refractivity contribution in [2.75, 3.05) is 32.8 Å². The number of likely N-dealkylation sites (N-methyl/N-ethyl adjacent to an activating group) is 1. The lowest BCUT2D eigenvalue weighted by atomic mass is 10.3.